The second-order valence-electron chi connectivity index (χ2n) is 7.58. The third-order valence-electron chi connectivity index (χ3n) is 5.46. The standard InChI is InChI=1S/C26H20N6O/c1-2-20-14-25(23-12-17(15-27)9-11-24(23)28-20)33-16-18-8-10-21(19-6-4-3-5-7-19)22(13-18)26-29-31-32-30-26/h3-14H,2,16H2,1H3,(H,29,30,31,32). The number of aryl methyl sites for hydroxylation is 1. The van der Waals surface area contributed by atoms with Crippen LogP contribution in [0.4, 0.5) is 0 Å². The molecule has 5 rings (SSSR count). The van der Waals surface area contributed by atoms with Crippen LogP contribution in [0.3, 0.4) is 0 Å². The Hall–Kier alpha value is -4.57. The molecule has 0 aliphatic heterocycles. The van der Waals surface area contributed by atoms with Crippen LogP contribution in [0.2, 0.25) is 0 Å². The van der Waals surface area contributed by atoms with Gasteiger partial charge in [0.25, 0.3) is 0 Å². The smallest absolute Gasteiger partial charge is 0.205 e. The van der Waals surface area contributed by atoms with Crippen LogP contribution in [0.1, 0.15) is 23.7 Å². The fraction of sp³-hybridized carbons (Fsp3) is 0.115. The summed E-state index contributed by atoms with van der Waals surface area (Å²) in [5.74, 6) is 1.24. The number of nitrogens with zero attached hydrogens (tertiary/aromatic N) is 5. The van der Waals surface area contributed by atoms with E-state index in [1.165, 1.54) is 0 Å². The molecular weight excluding hydrogens is 412 g/mol. The number of hydrogen-bond acceptors (Lipinski definition) is 6. The van der Waals surface area contributed by atoms with Gasteiger partial charge in [-0.1, -0.05) is 49.4 Å². The van der Waals surface area contributed by atoms with Gasteiger partial charge >= 0.3 is 0 Å². The van der Waals surface area contributed by atoms with E-state index < -0.39 is 0 Å². The van der Waals surface area contributed by atoms with Gasteiger partial charge < -0.3 is 4.74 Å². The number of nitriles is 1. The Morgan fingerprint density at radius 3 is 2.61 bits per heavy atom. The van der Waals surface area contributed by atoms with Gasteiger partial charge in [-0.25, -0.2) is 0 Å². The fourth-order valence-corrected chi connectivity index (χ4v) is 3.79. The Morgan fingerprint density at radius 1 is 0.970 bits per heavy atom. The summed E-state index contributed by atoms with van der Waals surface area (Å²) in [6.07, 6.45) is 0.792. The predicted molar refractivity (Wildman–Crippen MR) is 125 cm³/mol. The zero-order chi connectivity index (χ0) is 22.6. The molecule has 7 heteroatoms. The average molecular weight is 432 g/mol. The van der Waals surface area contributed by atoms with E-state index in [1.807, 2.05) is 48.5 Å². The minimum atomic E-state index is 0.346. The van der Waals surface area contributed by atoms with Crippen LogP contribution in [0.15, 0.2) is 72.8 Å². The van der Waals surface area contributed by atoms with E-state index in [2.05, 4.69) is 56.8 Å². The van der Waals surface area contributed by atoms with Crippen molar-refractivity contribution in [1.82, 2.24) is 25.6 Å². The molecule has 33 heavy (non-hydrogen) atoms. The number of tetrazole rings is 1. The van der Waals surface area contributed by atoms with Gasteiger partial charge in [0.2, 0.25) is 5.82 Å². The number of hydrogen-bond donors (Lipinski definition) is 1. The number of benzene rings is 3. The molecular formula is C26H20N6O. The Labute approximate surface area is 190 Å². The van der Waals surface area contributed by atoms with E-state index in [-0.39, 0.29) is 0 Å². The van der Waals surface area contributed by atoms with Crippen LogP contribution >= 0.6 is 0 Å². The highest BCUT2D eigenvalue weighted by Gasteiger charge is 2.14. The van der Waals surface area contributed by atoms with Gasteiger partial charge in [0.05, 0.1) is 17.1 Å². The summed E-state index contributed by atoms with van der Waals surface area (Å²) in [6, 6.07) is 25.8. The molecule has 2 heterocycles. The predicted octanol–water partition coefficient (Wildman–Crippen LogP) is 5.09. The first-order chi connectivity index (χ1) is 16.2. The molecule has 0 radical (unpaired) electrons. The highest BCUT2D eigenvalue weighted by molar-refractivity contribution is 5.86. The lowest BCUT2D eigenvalue weighted by Crippen LogP contribution is -2.00. The summed E-state index contributed by atoms with van der Waals surface area (Å²) < 4.78 is 6.25. The van der Waals surface area contributed by atoms with E-state index in [0.29, 0.717) is 23.7 Å². The zero-order valence-electron chi connectivity index (χ0n) is 18.0. The van der Waals surface area contributed by atoms with Crippen molar-refractivity contribution in [2.24, 2.45) is 0 Å². The van der Waals surface area contributed by atoms with Crippen LogP contribution in [0.5, 0.6) is 5.75 Å². The van der Waals surface area contributed by atoms with Gasteiger partial charge in [0.15, 0.2) is 0 Å². The van der Waals surface area contributed by atoms with Crippen molar-refractivity contribution in [1.29, 1.82) is 5.26 Å². The lowest BCUT2D eigenvalue weighted by Gasteiger charge is -2.13. The summed E-state index contributed by atoms with van der Waals surface area (Å²) in [6.45, 7) is 2.40. The number of nitrogens with one attached hydrogen (secondary N) is 1. The number of aromatic nitrogens is 5. The van der Waals surface area contributed by atoms with E-state index in [9.17, 15) is 5.26 Å². The van der Waals surface area contributed by atoms with Crippen molar-refractivity contribution in [2.45, 2.75) is 20.0 Å². The average Bonchev–Trinajstić information content (AvgIpc) is 3.42. The number of aromatic amines is 1. The number of ether oxygens (including phenoxy) is 1. The summed E-state index contributed by atoms with van der Waals surface area (Å²) in [5, 5.41) is 24.8. The third-order valence-corrected chi connectivity index (χ3v) is 5.46. The highest BCUT2D eigenvalue weighted by Crippen LogP contribution is 2.32. The molecule has 0 saturated heterocycles. The molecule has 2 aromatic heterocycles. The van der Waals surface area contributed by atoms with E-state index in [0.717, 1.165) is 45.3 Å². The first-order valence-corrected chi connectivity index (χ1v) is 10.6. The van der Waals surface area contributed by atoms with Gasteiger partial charge in [-0.05, 0) is 52.6 Å². The number of H-pyrrole nitrogens is 1. The van der Waals surface area contributed by atoms with Gasteiger partial charge in [-0.3, -0.25) is 4.98 Å². The first kappa shape index (κ1) is 20.3. The zero-order valence-corrected chi connectivity index (χ0v) is 18.0. The lowest BCUT2D eigenvalue weighted by molar-refractivity contribution is 0.309. The summed E-state index contributed by atoms with van der Waals surface area (Å²) in [4.78, 5) is 4.66. The van der Waals surface area contributed by atoms with Crippen LogP contribution in [0.25, 0.3) is 33.4 Å². The van der Waals surface area contributed by atoms with Gasteiger partial charge in [0, 0.05) is 22.7 Å². The molecule has 0 amide bonds. The van der Waals surface area contributed by atoms with Gasteiger partial charge in [-0.15, -0.1) is 10.2 Å². The molecule has 0 unspecified atom stereocenters. The first-order valence-electron chi connectivity index (χ1n) is 10.6. The summed E-state index contributed by atoms with van der Waals surface area (Å²) in [7, 11) is 0. The normalized spacial score (nSPS) is 10.8. The minimum absolute atomic E-state index is 0.346. The van der Waals surface area contributed by atoms with Crippen LogP contribution in [-0.2, 0) is 13.0 Å². The third kappa shape index (κ3) is 4.14. The van der Waals surface area contributed by atoms with Crippen molar-refractivity contribution >= 4 is 10.9 Å². The Bertz CT molecular complexity index is 1460. The molecule has 0 spiro atoms. The molecule has 7 nitrogen and oxygen atoms in total. The molecule has 0 bridgehead atoms. The van der Waals surface area contributed by atoms with Gasteiger partial charge in [-0.2, -0.15) is 10.5 Å². The fourth-order valence-electron chi connectivity index (χ4n) is 3.79. The molecule has 0 saturated carbocycles. The Kier molecular flexibility index (Phi) is 5.48. The molecule has 3 aromatic carbocycles. The van der Waals surface area contributed by atoms with Crippen LogP contribution in [-0.4, -0.2) is 25.6 Å². The second-order valence-corrected chi connectivity index (χ2v) is 7.58. The molecule has 0 fully saturated rings. The topological polar surface area (TPSA) is 100 Å². The molecule has 0 aliphatic carbocycles. The van der Waals surface area contributed by atoms with E-state index in [1.54, 1.807) is 6.07 Å². The number of pyridine rings is 1. The van der Waals surface area contributed by atoms with Crippen molar-refractivity contribution in [3.05, 3.63) is 89.6 Å². The van der Waals surface area contributed by atoms with Crippen molar-refractivity contribution in [3.8, 4) is 34.3 Å². The number of rotatable bonds is 6. The summed E-state index contributed by atoms with van der Waals surface area (Å²) >= 11 is 0. The Morgan fingerprint density at radius 2 is 1.85 bits per heavy atom. The van der Waals surface area contributed by atoms with Crippen LogP contribution < -0.4 is 4.74 Å². The minimum Gasteiger partial charge on any atom is -0.488 e. The van der Waals surface area contributed by atoms with Crippen molar-refractivity contribution < 1.29 is 4.74 Å². The molecule has 0 atom stereocenters. The maximum Gasteiger partial charge on any atom is 0.205 e. The Balaban J connectivity index is 1.51. The molecule has 5 aromatic rings. The van der Waals surface area contributed by atoms with Gasteiger partial charge in [0.1, 0.15) is 12.4 Å². The quantitative estimate of drug-likeness (QED) is 0.401. The largest absolute Gasteiger partial charge is 0.488 e. The second kappa shape index (κ2) is 8.89. The maximum atomic E-state index is 9.31. The monoisotopic (exact) mass is 432 g/mol. The van der Waals surface area contributed by atoms with E-state index >= 15 is 0 Å². The molecule has 0 aliphatic rings. The van der Waals surface area contributed by atoms with Crippen LogP contribution in [0, 0.1) is 11.3 Å². The maximum absolute atomic E-state index is 9.31. The highest BCUT2D eigenvalue weighted by atomic mass is 16.5. The van der Waals surface area contributed by atoms with Crippen molar-refractivity contribution in [3.63, 3.8) is 0 Å². The summed E-state index contributed by atoms with van der Waals surface area (Å²) in [5.41, 5.74) is 6.25. The van der Waals surface area contributed by atoms with Crippen molar-refractivity contribution in [2.75, 3.05) is 0 Å². The number of fused-ring (bicyclic) bond motifs is 1. The lowest BCUT2D eigenvalue weighted by atomic mass is 9.97. The molecule has 160 valence electrons. The van der Waals surface area contributed by atoms with E-state index in [4.69, 9.17) is 4.74 Å². The SMILES string of the molecule is CCc1cc(OCc2ccc(-c3ccccc3)c(-c3nn[nH]n3)c2)c2cc(C#N)ccc2n1. The molecule has 1 N–H and O–H groups in total.